The normalized spacial score (nSPS) is 19.6. The fraction of sp³-hybridized carbons (Fsp3) is 0.619. The van der Waals surface area contributed by atoms with Crippen LogP contribution in [0.3, 0.4) is 0 Å². The van der Waals surface area contributed by atoms with Gasteiger partial charge in [-0.3, -0.25) is 14.5 Å². The molecule has 0 aliphatic heterocycles. The Morgan fingerprint density at radius 1 is 1.11 bits per heavy atom. The zero-order valence-electron chi connectivity index (χ0n) is 16.8. The van der Waals surface area contributed by atoms with E-state index in [9.17, 15) is 9.59 Å². The summed E-state index contributed by atoms with van der Waals surface area (Å²) in [5, 5.41) is 6.01. The quantitative estimate of drug-likeness (QED) is 0.696. The van der Waals surface area contributed by atoms with Gasteiger partial charge < -0.3 is 15.4 Å². The Morgan fingerprint density at radius 3 is 2.44 bits per heavy atom. The second kappa shape index (κ2) is 10.9. The zero-order chi connectivity index (χ0) is 19.6. The van der Waals surface area contributed by atoms with Crippen molar-refractivity contribution in [1.82, 2.24) is 10.2 Å². The van der Waals surface area contributed by atoms with Crippen molar-refractivity contribution >= 4 is 17.5 Å². The molecule has 1 aliphatic carbocycles. The number of ether oxygens (including phenoxy) is 1. The minimum absolute atomic E-state index is 0.00750. The van der Waals surface area contributed by atoms with E-state index in [0.717, 1.165) is 25.2 Å². The van der Waals surface area contributed by atoms with Gasteiger partial charge in [0.1, 0.15) is 5.75 Å². The Morgan fingerprint density at radius 2 is 1.78 bits per heavy atom. The third-order valence-electron chi connectivity index (χ3n) is 5.04. The smallest absolute Gasteiger partial charge is 0.238 e. The molecule has 2 N–H and O–H groups in total. The average Bonchev–Trinajstić information content (AvgIpc) is 2.64. The number of anilines is 1. The zero-order valence-corrected chi connectivity index (χ0v) is 16.8. The van der Waals surface area contributed by atoms with Gasteiger partial charge in [0, 0.05) is 6.04 Å². The van der Waals surface area contributed by atoms with E-state index >= 15 is 0 Å². The van der Waals surface area contributed by atoms with Gasteiger partial charge in [0.2, 0.25) is 11.8 Å². The summed E-state index contributed by atoms with van der Waals surface area (Å²) >= 11 is 0. The molecule has 2 amide bonds. The number of benzene rings is 1. The molecule has 1 aromatic rings. The Labute approximate surface area is 162 Å². The number of amides is 2. The summed E-state index contributed by atoms with van der Waals surface area (Å²) < 4.78 is 5.26. The van der Waals surface area contributed by atoms with Crippen molar-refractivity contribution < 1.29 is 14.3 Å². The second-order valence-electron chi connectivity index (χ2n) is 7.48. The van der Waals surface area contributed by atoms with E-state index in [1.54, 1.807) is 19.2 Å². The summed E-state index contributed by atoms with van der Waals surface area (Å²) in [4.78, 5) is 26.7. The molecule has 150 valence electrons. The second-order valence-corrected chi connectivity index (χ2v) is 7.48. The average molecular weight is 376 g/mol. The molecule has 0 bridgehead atoms. The predicted molar refractivity (Wildman–Crippen MR) is 108 cm³/mol. The van der Waals surface area contributed by atoms with Crippen molar-refractivity contribution in [3.8, 4) is 5.75 Å². The molecule has 1 aromatic carbocycles. The van der Waals surface area contributed by atoms with Crippen molar-refractivity contribution in [3.63, 3.8) is 0 Å². The Bertz CT molecular complexity index is 612. The maximum absolute atomic E-state index is 12.4. The number of hydrogen-bond donors (Lipinski definition) is 2. The summed E-state index contributed by atoms with van der Waals surface area (Å²) in [6.45, 7) is 5.45. The van der Waals surface area contributed by atoms with Crippen molar-refractivity contribution in [3.05, 3.63) is 24.3 Å². The fourth-order valence-corrected chi connectivity index (χ4v) is 3.55. The lowest BCUT2D eigenvalue weighted by Gasteiger charge is -2.28. The van der Waals surface area contributed by atoms with Crippen LogP contribution in [0.1, 0.15) is 46.0 Å². The van der Waals surface area contributed by atoms with Crippen molar-refractivity contribution in [2.75, 3.05) is 32.1 Å². The number of methoxy groups -OCH3 is 1. The first kappa shape index (κ1) is 21.2. The molecule has 1 fully saturated rings. The summed E-state index contributed by atoms with van der Waals surface area (Å²) in [6, 6.07) is 7.59. The summed E-state index contributed by atoms with van der Waals surface area (Å²) in [5.41, 5.74) is 0.641. The first-order valence-corrected chi connectivity index (χ1v) is 9.96. The van der Waals surface area contributed by atoms with E-state index in [0.29, 0.717) is 18.0 Å². The van der Waals surface area contributed by atoms with Crippen molar-refractivity contribution in [2.45, 2.75) is 52.0 Å². The lowest BCUT2D eigenvalue weighted by Crippen LogP contribution is -2.45. The lowest BCUT2D eigenvalue weighted by molar-refractivity contribution is -0.124. The minimum atomic E-state index is -0.146. The number of carbonyl (C=O) groups excluding carboxylic acids is 2. The van der Waals surface area contributed by atoms with E-state index in [2.05, 4.69) is 17.6 Å². The molecule has 1 aliphatic rings. The molecule has 0 heterocycles. The lowest BCUT2D eigenvalue weighted by atomic mass is 9.87. The molecule has 0 atom stereocenters. The third-order valence-corrected chi connectivity index (χ3v) is 5.04. The van der Waals surface area contributed by atoms with E-state index in [1.807, 2.05) is 24.0 Å². The van der Waals surface area contributed by atoms with Crippen LogP contribution in [0.25, 0.3) is 0 Å². The van der Waals surface area contributed by atoms with E-state index < -0.39 is 0 Å². The van der Waals surface area contributed by atoms with Crippen LogP contribution in [0, 0.1) is 5.92 Å². The Balaban J connectivity index is 1.84. The molecule has 27 heavy (non-hydrogen) atoms. The van der Waals surface area contributed by atoms with E-state index in [-0.39, 0.29) is 30.9 Å². The van der Waals surface area contributed by atoms with Gasteiger partial charge in [-0.2, -0.15) is 0 Å². The number of nitrogens with one attached hydrogen (secondary N) is 2. The number of carbonyl (C=O) groups is 2. The highest BCUT2D eigenvalue weighted by atomic mass is 16.5. The highest BCUT2D eigenvalue weighted by Crippen LogP contribution is 2.24. The van der Waals surface area contributed by atoms with Crippen LogP contribution in [0.5, 0.6) is 5.75 Å². The van der Waals surface area contributed by atoms with Gasteiger partial charge in [-0.15, -0.1) is 0 Å². The van der Waals surface area contributed by atoms with Gasteiger partial charge >= 0.3 is 0 Å². The molecular formula is C21H33N3O3. The van der Waals surface area contributed by atoms with Crippen LogP contribution in [-0.2, 0) is 9.59 Å². The summed E-state index contributed by atoms with van der Waals surface area (Å²) in [5.74, 6) is 1.24. The standard InChI is InChI=1S/C21H33N3O3/c1-4-13-24(14-20(25)22-17-11-9-16(2)10-12-17)15-21(26)23-18-7-5-6-8-19(18)27-3/h5-8,16-17H,4,9-15H2,1-3H3,(H,22,25)(H,23,26). The van der Waals surface area contributed by atoms with E-state index in [4.69, 9.17) is 4.74 Å². The van der Waals surface area contributed by atoms with Gasteiger partial charge in [0.15, 0.2) is 0 Å². The third kappa shape index (κ3) is 7.21. The molecule has 0 aromatic heterocycles. The largest absolute Gasteiger partial charge is 0.495 e. The van der Waals surface area contributed by atoms with Crippen LogP contribution in [0.2, 0.25) is 0 Å². The molecule has 2 rings (SSSR count). The van der Waals surface area contributed by atoms with Gasteiger partial charge in [0.05, 0.1) is 25.9 Å². The molecule has 0 saturated heterocycles. The molecule has 0 unspecified atom stereocenters. The van der Waals surface area contributed by atoms with Crippen LogP contribution in [0.15, 0.2) is 24.3 Å². The maximum Gasteiger partial charge on any atom is 0.238 e. The van der Waals surface area contributed by atoms with Crippen molar-refractivity contribution in [1.29, 1.82) is 0 Å². The summed E-state index contributed by atoms with van der Waals surface area (Å²) in [7, 11) is 1.57. The number of hydrogen-bond acceptors (Lipinski definition) is 4. The molecular weight excluding hydrogens is 342 g/mol. The SMILES string of the molecule is CCCN(CC(=O)Nc1ccccc1OC)CC(=O)NC1CCC(C)CC1. The molecule has 6 nitrogen and oxygen atoms in total. The van der Waals surface area contributed by atoms with Gasteiger partial charge in [-0.1, -0.05) is 26.0 Å². The highest BCUT2D eigenvalue weighted by molar-refractivity contribution is 5.94. The first-order valence-electron chi connectivity index (χ1n) is 9.96. The maximum atomic E-state index is 12.4. The molecule has 6 heteroatoms. The topological polar surface area (TPSA) is 70.7 Å². The predicted octanol–water partition coefficient (Wildman–Crippen LogP) is 3.04. The van der Waals surface area contributed by atoms with Gasteiger partial charge in [-0.05, 0) is 56.7 Å². The monoisotopic (exact) mass is 375 g/mol. The van der Waals surface area contributed by atoms with Gasteiger partial charge in [-0.25, -0.2) is 0 Å². The van der Waals surface area contributed by atoms with Gasteiger partial charge in [0.25, 0.3) is 0 Å². The van der Waals surface area contributed by atoms with Crippen LogP contribution in [-0.4, -0.2) is 49.5 Å². The van der Waals surface area contributed by atoms with Crippen molar-refractivity contribution in [2.24, 2.45) is 5.92 Å². The Hall–Kier alpha value is -2.08. The minimum Gasteiger partial charge on any atom is -0.495 e. The number of nitrogens with zero attached hydrogens (tertiary/aromatic N) is 1. The highest BCUT2D eigenvalue weighted by Gasteiger charge is 2.21. The molecule has 0 radical (unpaired) electrons. The summed E-state index contributed by atoms with van der Waals surface area (Å²) in [6.07, 6.45) is 5.33. The number of rotatable bonds is 9. The fourth-order valence-electron chi connectivity index (χ4n) is 3.55. The molecule has 0 spiro atoms. The molecule has 1 saturated carbocycles. The first-order chi connectivity index (χ1) is 13.0. The van der Waals surface area contributed by atoms with E-state index in [1.165, 1.54) is 12.8 Å². The van der Waals surface area contributed by atoms with Crippen LogP contribution in [0.4, 0.5) is 5.69 Å². The Kier molecular flexibility index (Phi) is 8.58. The van der Waals surface area contributed by atoms with Crippen LogP contribution < -0.4 is 15.4 Å². The number of para-hydroxylation sites is 2. The van der Waals surface area contributed by atoms with Crippen LogP contribution >= 0.6 is 0 Å².